The zero-order valence-corrected chi connectivity index (χ0v) is 9.59. The van der Waals surface area contributed by atoms with Gasteiger partial charge in [-0.15, -0.1) is 22.9 Å². The van der Waals surface area contributed by atoms with E-state index in [-0.39, 0.29) is 5.78 Å². The number of rotatable bonds is 4. The van der Waals surface area contributed by atoms with E-state index in [0.717, 1.165) is 4.88 Å². The molecular weight excluding hydrogens is 230 g/mol. The molecule has 2 heterocycles. The maximum absolute atomic E-state index is 12.0. The second-order valence-electron chi connectivity index (χ2n) is 3.08. The second kappa shape index (κ2) is 4.64. The molecule has 0 aliphatic carbocycles. The van der Waals surface area contributed by atoms with Crippen molar-refractivity contribution in [2.75, 3.05) is 5.88 Å². The topological polar surface area (TPSA) is 22.0 Å². The van der Waals surface area contributed by atoms with Crippen molar-refractivity contribution in [1.29, 1.82) is 0 Å². The van der Waals surface area contributed by atoms with Crippen LogP contribution < -0.4 is 0 Å². The number of ketones is 1. The number of alkyl halides is 1. The first kappa shape index (κ1) is 10.5. The zero-order valence-electron chi connectivity index (χ0n) is 8.02. The Labute approximate surface area is 97.1 Å². The highest BCUT2D eigenvalue weighted by Crippen LogP contribution is 2.15. The number of carbonyl (C=O) groups excluding carboxylic acids is 1. The number of nitrogens with zero attached hydrogens (tertiary/aromatic N) is 1. The average molecular weight is 240 g/mol. The lowest BCUT2D eigenvalue weighted by molar-refractivity contribution is 0.103. The minimum absolute atomic E-state index is 0.0696. The SMILES string of the molecule is O=C(c1cccs1)c1cccn1CCCl. The fourth-order valence-corrected chi connectivity index (χ4v) is 2.29. The Morgan fingerprint density at radius 2 is 2.27 bits per heavy atom. The number of aryl methyl sites for hydroxylation is 1. The van der Waals surface area contributed by atoms with Gasteiger partial charge in [-0.1, -0.05) is 6.07 Å². The molecule has 78 valence electrons. The Hall–Kier alpha value is -1.06. The van der Waals surface area contributed by atoms with Crippen molar-refractivity contribution < 1.29 is 4.79 Å². The monoisotopic (exact) mass is 239 g/mol. The van der Waals surface area contributed by atoms with Gasteiger partial charge in [0, 0.05) is 18.6 Å². The Balaban J connectivity index is 2.29. The molecule has 0 aliphatic heterocycles. The molecule has 0 spiro atoms. The predicted molar refractivity (Wildman–Crippen MR) is 62.9 cm³/mol. The summed E-state index contributed by atoms with van der Waals surface area (Å²) in [7, 11) is 0. The molecule has 4 heteroatoms. The van der Waals surface area contributed by atoms with E-state index in [9.17, 15) is 4.79 Å². The van der Waals surface area contributed by atoms with Gasteiger partial charge in [-0.25, -0.2) is 0 Å². The quantitative estimate of drug-likeness (QED) is 0.594. The molecule has 0 fully saturated rings. The lowest BCUT2D eigenvalue weighted by atomic mass is 10.2. The normalized spacial score (nSPS) is 10.5. The summed E-state index contributed by atoms with van der Waals surface area (Å²) in [5, 5.41) is 1.90. The van der Waals surface area contributed by atoms with Crippen LogP contribution in [0.3, 0.4) is 0 Å². The first-order valence-electron chi connectivity index (χ1n) is 4.62. The zero-order chi connectivity index (χ0) is 10.7. The van der Waals surface area contributed by atoms with Gasteiger partial charge in [0.1, 0.15) is 0 Å². The van der Waals surface area contributed by atoms with Crippen LogP contribution in [0.15, 0.2) is 35.8 Å². The highest BCUT2D eigenvalue weighted by atomic mass is 35.5. The maximum atomic E-state index is 12.0. The van der Waals surface area contributed by atoms with E-state index < -0.39 is 0 Å². The summed E-state index contributed by atoms with van der Waals surface area (Å²) in [5.74, 6) is 0.583. The minimum Gasteiger partial charge on any atom is -0.344 e. The van der Waals surface area contributed by atoms with Crippen molar-refractivity contribution >= 4 is 28.7 Å². The van der Waals surface area contributed by atoms with Crippen LogP contribution in [0.1, 0.15) is 15.4 Å². The summed E-state index contributed by atoms with van der Waals surface area (Å²) in [5.41, 5.74) is 0.707. The Morgan fingerprint density at radius 3 is 2.93 bits per heavy atom. The number of halogens is 1. The van der Waals surface area contributed by atoms with E-state index in [2.05, 4.69) is 0 Å². The molecule has 15 heavy (non-hydrogen) atoms. The molecule has 0 saturated carbocycles. The van der Waals surface area contributed by atoms with E-state index >= 15 is 0 Å². The summed E-state index contributed by atoms with van der Waals surface area (Å²) in [6.45, 7) is 0.668. The standard InChI is InChI=1S/C11H10ClNOS/c12-5-7-13-6-1-3-9(13)11(14)10-4-2-8-15-10/h1-4,6,8H,5,7H2. The average Bonchev–Trinajstić information content (AvgIpc) is 2.87. The molecule has 2 aromatic heterocycles. The molecule has 0 N–H and O–H groups in total. The molecular formula is C11H10ClNOS. The van der Waals surface area contributed by atoms with Gasteiger partial charge in [0.25, 0.3) is 0 Å². The van der Waals surface area contributed by atoms with Gasteiger partial charge in [-0.05, 0) is 23.6 Å². The maximum Gasteiger partial charge on any atom is 0.219 e. The lowest BCUT2D eigenvalue weighted by Crippen LogP contribution is -2.09. The number of hydrogen-bond acceptors (Lipinski definition) is 2. The molecule has 0 radical (unpaired) electrons. The van der Waals surface area contributed by atoms with Gasteiger partial charge in [0.15, 0.2) is 0 Å². The summed E-state index contributed by atoms with van der Waals surface area (Å²) in [4.78, 5) is 12.8. The van der Waals surface area contributed by atoms with Gasteiger partial charge >= 0.3 is 0 Å². The minimum atomic E-state index is 0.0696. The summed E-state index contributed by atoms with van der Waals surface area (Å²) < 4.78 is 1.88. The third-order valence-corrected chi connectivity index (χ3v) is 3.17. The van der Waals surface area contributed by atoms with Crippen LogP contribution in [-0.2, 0) is 6.54 Å². The molecule has 0 unspecified atom stereocenters. The molecule has 2 nitrogen and oxygen atoms in total. The first-order valence-corrected chi connectivity index (χ1v) is 6.03. The lowest BCUT2D eigenvalue weighted by Gasteiger charge is -2.04. The molecule has 2 rings (SSSR count). The molecule has 2 aromatic rings. The van der Waals surface area contributed by atoms with E-state index in [1.807, 2.05) is 40.4 Å². The second-order valence-corrected chi connectivity index (χ2v) is 4.41. The Morgan fingerprint density at radius 1 is 1.40 bits per heavy atom. The van der Waals surface area contributed by atoms with E-state index in [0.29, 0.717) is 18.1 Å². The third kappa shape index (κ3) is 2.13. The summed E-state index contributed by atoms with van der Waals surface area (Å²) in [6, 6.07) is 7.42. The number of aromatic nitrogens is 1. The van der Waals surface area contributed by atoms with Gasteiger partial charge < -0.3 is 4.57 Å². The molecule has 0 aromatic carbocycles. The predicted octanol–water partition coefficient (Wildman–Crippen LogP) is 3.02. The van der Waals surface area contributed by atoms with Crippen LogP contribution in [0, 0.1) is 0 Å². The smallest absolute Gasteiger partial charge is 0.219 e. The Kier molecular flexibility index (Phi) is 3.23. The summed E-state index contributed by atoms with van der Waals surface area (Å²) in [6.07, 6.45) is 1.88. The fraction of sp³-hybridized carbons (Fsp3) is 0.182. The third-order valence-electron chi connectivity index (χ3n) is 2.13. The van der Waals surface area contributed by atoms with Crippen LogP contribution in [-0.4, -0.2) is 16.2 Å². The van der Waals surface area contributed by atoms with Crippen LogP contribution in [0.2, 0.25) is 0 Å². The van der Waals surface area contributed by atoms with Gasteiger partial charge in [-0.3, -0.25) is 4.79 Å². The molecule has 0 saturated heterocycles. The largest absolute Gasteiger partial charge is 0.344 e. The van der Waals surface area contributed by atoms with Crippen molar-refractivity contribution in [2.45, 2.75) is 6.54 Å². The van der Waals surface area contributed by atoms with E-state index in [4.69, 9.17) is 11.6 Å². The van der Waals surface area contributed by atoms with Crippen LogP contribution in [0.5, 0.6) is 0 Å². The van der Waals surface area contributed by atoms with Crippen molar-refractivity contribution in [3.05, 3.63) is 46.4 Å². The number of hydrogen-bond donors (Lipinski definition) is 0. The van der Waals surface area contributed by atoms with E-state index in [1.165, 1.54) is 11.3 Å². The van der Waals surface area contributed by atoms with Crippen molar-refractivity contribution in [1.82, 2.24) is 4.57 Å². The molecule has 0 amide bonds. The van der Waals surface area contributed by atoms with E-state index in [1.54, 1.807) is 0 Å². The van der Waals surface area contributed by atoms with Gasteiger partial charge in [0.2, 0.25) is 5.78 Å². The number of carbonyl (C=O) groups is 1. The first-order chi connectivity index (χ1) is 7.33. The molecule has 0 aliphatic rings. The van der Waals surface area contributed by atoms with Gasteiger partial charge in [0.05, 0.1) is 10.6 Å². The molecule has 0 atom stereocenters. The fourth-order valence-electron chi connectivity index (χ4n) is 1.44. The van der Waals surface area contributed by atoms with Crippen molar-refractivity contribution in [3.8, 4) is 0 Å². The van der Waals surface area contributed by atoms with Crippen molar-refractivity contribution in [2.24, 2.45) is 0 Å². The highest BCUT2D eigenvalue weighted by molar-refractivity contribution is 7.12. The van der Waals surface area contributed by atoms with Crippen LogP contribution in [0.4, 0.5) is 0 Å². The van der Waals surface area contributed by atoms with Crippen molar-refractivity contribution in [3.63, 3.8) is 0 Å². The van der Waals surface area contributed by atoms with Gasteiger partial charge in [-0.2, -0.15) is 0 Å². The summed E-state index contributed by atoms with van der Waals surface area (Å²) >= 11 is 7.13. The molecule has 0 bridgehead atoms. The number of thiophene rings is 1. The van der Waals surface area contributed by atoms with Crippen LogP contribution >= 0.6 is 22.9 Å². The van der Waals surface area contributed by atoms with Crippen LogP contribution in [0.25, 0.3) is 0 Å². The Bertz CT molecular complexity index is 447. The highest BCUT2D eigenvalue weighted by Gasteiger charge is 2.13.